The first-order valence-corrected chi connectivity index (χ1v) is 7.20. The number of nitrogens with two attached hydrogens (primary N) is 1. The smallest absolute Gasteiger partial charge is 0.254 e. The highest BCUT2D eigenvalue weighted by Gasteiger charge is 2.22. The Labute approximate surface area is 121 Å². The van der Waals surface area contributed by atoms with Gasteiger partial charge in [-0.3, -0.25) is 4.79 Å². The minimum absolute atomic E-state index is 0.130. The Morgan fingerprint density at radius 1 is 1.40 bits per heavy atom. The van der Waals surface area contributed by atoms with Gasteiger partial charge in [-0.15, -0.1) is 0 Å². The molecule has 0 atom stereocenters. The van der Waals surface area contributed by atoms with E-state index in [1.165, 1.54) is 0 Å². The van der Waals surface area contributed by atoms with Gasteiger partial charge in [0, 0.05) is 24.2 Å². The Morgan fingerprint density at radius 3 is 2.75 bits per heavy atom. The number of aryl methyl sites for hydroxylation is 1. The summed E-state index contributed by atoms with van der Waals surface area (Å²) in [5.74, 6) is 6.67. The normalized spacial score (nSPS) is 15.7. The van der Waals surface area contributed by atoms with Gasteiger partial charge in [-0.05, 0) is 43.4 Å². The van der Waals surface area contributed by atoms with E-state index in [0.717, 1.165) is 48.5 Å². The maximum absolute atomic E-state index is 12.6. The summed E-state index contributed by atoms with van der Waals surface area (Å²) in [5.41, 5.74) is 8.01. The van der Waals surface area contributed by atoms with Gasteiger partial charge in [0.2, 0.25) is 0 Å². The SMILES string of the molecule is Cc1ccc(C#CCN)cc1C(=O)N1CCC(C)CC1. The van der Waals surface area contributed by atoms with Crippen LogP contribution < -0.4 is 5.73 Å². The molecule has 0 aliphatic carbocycles. The quantitative estimate of drug-likeness (QED) is 0.795. The summed E-state index contributed by atoms with van der Waals surface area (Å²) in [4.78, 5) is 14.6. The number of carbonyl (C=O) groups excluding carboxylic acids is 1. The molecule has 1 amide bonds. The van der Waals surface area contributed by atoms with Gasteiger partial charge in [0.25, 0.3) is 5.91 Å². The Bertz CT molecular complexity index is 546. The highest BCUT2D eigenvalue weighted by molar-refractivity contribution is 5.96. The van der Waals surface area contributed by atoms with E-state index in [2.05, 4.69) is 18.8 Å². The van der Waals surface area contributed by atoms with Crippen molar-refractivity contribution in [2.75, 3.05) is 19.6 Å². The van der Waals surface area contributed by atoms with Crippen LogP contribution in [0.1, 0.15) is 41.3 Å². The van der Waals surface area contributed by atoms with Crippen LogP contribution in [0.4, 0.5) is 0 Å². The van der Waals surface area contributed by atoms with Crippen LogP contribution in [-0.2, 0) is 0 Å². The van der Waals surface area contributed by atoms with Crippen molar-refractivity contribution in [3.05, 3.63) is 34.9 Å². The number of carbonyl (C=O) groups is 1. The zero-order valence-electron chi connectivity index (χ0n) is 12.3. The first kappa shape index (κ1) is 14.6. The lowest BCUT2D eigenvalue weighted by molar-refractivity contribution is 0.0696. The number of likely N-dealkylation sites (tertiary alicyclic amines) is 1. The maximum atomic E-state index is 12.6. The molecule has 0 spiro atoms. The van der Waals surface area contributed by atoms with Crippen molar-refractivity contribution in [1.82, 2.24) is 4.90 Å². The average molecular weight is 270 g/mol. The topological polar surface area (TPSA) is 46.3 Å². The summed E-state index contributed by atoms with van der Waals surface area (Å²) in [5, 5.41) is 0. The van der Waals surface area contributed by atoms with Gasteiger partial charge in [-0.2, -0.15) is 0 Å². The second-order valence-corrected chi connectivity index (χ2v) is 5.51. The lowest BCUT2D eigenvalue weighted by Gasteiger charge is -2.30. The van der Waals surface area contributed by atoms with E-state index >= 15 is 0 Å². The number of rotatable bonds is 1. The van der Waals surface area contributed by atoms with E-state index in [-0.39, 0.29) is 5.91 Å². The van der Waals surface area contributed by atoms with Gasteiger partial charge in [0.1, 0.15) is 0 Å². The third-order valence-corrected chi connectivity index (χ3v) is 3.87. The monoisotopic (exact) mass is 270 g/mol. The van der Waals surface area contributed by atoms with Crippen LogP contribution in [0.2, 0.25) is 0 Å². The van der Waals surface area contributed by atoms with Crippen LogP contribution in [0.3, 0.4) is 0 Å². The van der Waals surface area contributed by atoms with Crippen molar-refractivity contribution in [3.63, 3.8) is 0 Å². The predicted molar refractivity (Wildman–Crippen MR) is 81.4 cm³/mol. The van der Waals surface area contributed by atoms with Crippen LogP contribution in [0.25, 0.3) is 0 Å². The molecule has 20 heavy (non-hydrogen) atoms. The standard InChI is InChI=1S/C17H22N2O/c1-13-7-10-19(11-8-13)17(20)16-12-15(4-3-9-18)6-5-14(16)2/h5-6,12-13H,7-11,18H2,1-2H3. The predicted octanol–water partition coefficient (Wildman–Crippen LogP) is 2.18. The Balaban J connectivity index is 2.20. The molecule has 1 aliphatic rings. The molecular formula is C17H22N2O. The van der Waals surface area contributed by atoms with Crippen molar-refractivity contribution in [2.24, 2.45) is 11.7 Å². The molecule has 0 aromatic heterocycles. The molecule has 1 heterocycles. The molecule has 0 bridgehead atoms. The van der Waals surface area contributed by atoms with E-state index in [4.69, 9.17) is 5.73 Å². The molecule has 0 radical (unpaired) electrons. The Kier molecular flexibility index (Phi) is 4.81. The lowest BCUT2D eigenvalue weighted by atomic mass is 9.97. The molecule has 3 nitrogen and oxygen atoms in total. The van der Waals surface area contributed by atoms with E-state index < -0.39 is 0 Å². The molecule has 0 saturated carbocycles. The lowest BCUT2D eigenvalue weighted by Crippen LogP contribution is -2.38. The van der Waals surface area contributed by atoms with E-state index in [1.807, 2.05) is 30.0 Å². The highest BCUT2D eigenvalue weighted by atomic mass is 16.2. The van der Waals surface area contributed by atoms with Gasteiger partial charge in [-0.25, -0.2) is 0 Å². The Hall–Kier alpha value is -1.79. The number of amides is 1. The summed E-state index contributed by atoms with van der Waals surface area (Å²) in [7, 11) is 0. The molecule has 3 heteroatoms. The molecule has 2 N–H and O–H groups in total. The minimum atomic E-state index is 0.130. The van der Waals surface area contributed by atoms with Crippen LogP contribution in [0.5, 0.6) is 0 Å². The fourth-order valence-corrected chi connectivity index (χ4v) is 2.47. The van der Waals surface area contributed by atoms with E-state index in [1.54, 1.807) is 0 Å². The maximum Gasteiger partial charge on any atom is 0.254 e. The summed E-state index contributed by atoms with van der Waals surface area (Å²) in [6, 6.07) is 5.78. The van der Waals surface area contributed by atoms with Gasteiger partial charge in [-0.1, -0.05) is 24.8 Å². The van der Waals surface area contributed by atoms with Crippen molar-refractivity contribution in [3.8, 4) is 11.8 Å². The fraction of sp³-hybridized carbons (Fsp3) is 0.471. The zero-order valence-corrected chi connectivity index (χ0v) is 12.3. The zero-order chi connectivity index (χ0) is 14.5. The van der Waals surface area contributed by atoms with Crippen LogP contribution in [0, 0.1) is 24.7 Å². The van der Waals surface area contributed by atoms with E-state index in [0.29, 0.717) is 6.54 Å². The number of hydrogen-bond donors (Lipinski definition) is 1. The number of benzene rings is 1. The molecule has 1 fully saturated rings. The van der Waals surface area contributed by atoms with Crippen LogP contribution in [0.15, 0.2) is 18.2 Å². The van der Waals surface area contributed by atoms with E-state index in [9.17, 15) is 4.79 Å². The van der Waals surface area contributed by atoms with Crippen molar-refractivity contribution >= 4 is 5.91 Å². The fourth-order valence-electron chi connectivity index (χ4n) is 2.47. The first-order valence-electron chi connectivity index (χ1n) is 7.20. The second-order valence-electron chi connectivity index (χ2n) is 5.51. The van der Waals surface area contributed by atoms with Crippen molar-refractivity contribution in [1.29, 1.82) is 0 Å². The molecule has 1 saturated heterocycles. The minimum Gasteiger partial charge on any atom is -0.339 e. The van der Waals surface area contributed by atoms with Gasteiger partial charge in [0.05, 0.1) is 6.54 Å². The van der Waals surface area contributed by atoms with Gasteiger partial charge < -0.3 is 10.6 Å². The number of nitrogens with zero attached hydrogens (tertiary/aromatic N) is 1. The molecule has 1 aromatic carbocycles. The molecular weight excluding hydrogens is 248 g/mol. The highest BCUT2D eigenvalue weighted by Crippen LogP contribution is 2.20. The molecule has 1 aromatic rings. The van der Waals surface area contributed by atoms with Crippen molar-refractivity contribution in [2.45, 2.75) is 26.7 Å². The van der Waals surface area contributed by atoms with Gasteiger partial charge >= 0.3 is 0 Å². The van der Waals surface area contributed by atoms with Crippen LogP contribution in [-0.4, -0.2) is 30.4 Å². The molecule has 106 valence electrons. The largest absolute Gasteiger partial charge is 0.339 e. The summed E-state index contributed by atoms with van der Waals surface area (Å²) >= 11 is 0. The Morgan fingerprint density at radius 2 is 2.10 bits per heavy atom. The average Bonchev–Trinajstić information content (AvgIpc) is 2.46. The second kappa shape index (κ2) is 6.58. The first-order chi connectivity index (χ1) is 9.61. The summed E-state index contributed by atoms with van der Waals surface area (Å²) < 4.78 is 0. The molecule has 1 aliphatic heterocycles. The number of piperidine rings is 1. The van der Waals surface area contributed by atoms with Gasteiger partial charge in [0.15, 0.2) is 0 Å². The third kappa shape index (κ3) is 3.40. The molecule has 2 rings (SSSR count). The molecule has 0 unspecified atom stereocenters. The number of hydrogen-bond acceptors (Lipinski definition) is 2. The summed E-state index contributed by atoms with van der Waals surface area (Å²) in [6.45, 7) is 6.27. The summed E-state index contributed by atoms with van der Waals surface area (Å²) in [6.07, 6.45) is 2.19. The third-order valence-electron chi connectivity index (χ3n) is 3.87. The van der Waals surface area contributed by atoms with Crippen LogP contribution >= 0.6 is 0 Å². The van der Waals surface area contributed by atoms with Crippen molar-refractivity contribution < 1.29 is 4.79 Å².